The minimum Gasteiger partial charge on any atom is -0.268 e. The molecule has 0 bridgehead atoms. The fourth-order valence-electron chi connectivity index (χ4n) is 4.30. The molecular formula is C25H27FN6S. The van der Waals surface area contributed by atoms with Crippen molar-refractivity contribution in [2.24, 2.45) is 5.92 Å². The molecule has 0 atom stereocenters. The van der Waals surface area contributed by atoms with Crippen LogP contribution in [0.1, 0.15) is 41.2 Å². The summed E-state index contributed by atoms with van der Waals surface area (Å²) in [5, 5.41) is 9.63. The van der Waals surface area contributed by atoms with Gasteiger partial charge in [0.2, 0.25) is 0 Å². The molecule has 0 amide bonds. The van der Waals surface area contributed by atoms with E-state index in [2.05, 4.69) is 34.8 Å². The summed E-state index contributed by atoms with van der Waals surface area (Å²) in [7, 11) is 0. The zero-order valence-electron chi connectivity index (χ0n) is 19.3. The van der Waals surface area contributed by atoms with E-state index in [0.717, 1.165) is 52.0 Å². The van der Waals surface area contributed by atoms with Gasteiger partial charge in [-0.1, -0.05) is 0 Å². The van der Waals surface area contributed by atoms with Gasteiger partial charge >= 0.3 is 0 Å². The number of nitrogens with zero attached hydrogens (tertiary/aromatic N) is 6. The van der Waals surface area contributed by atoms with E-state index in [1.807, 2.05) is 17.7 Å². The normalized spacial score (nSPS) is 13.6. The van der Waals surface area contributed by atoms with Gasteiger partial charge in [-0.2, -0.15) is 10.2 Å². The predicted octanol–water partition coefficient (Wildman–Crippen LogP) is 5.31. The molecule has 0 unspecified atom stereocenters. The van der Waals surface area contributed by atoms with E-state index in [-0.39, 0.29) is 5.82 Å². The Balaban J connectivity index is 1.51. The topological polar surface area (TPSA) is 61.4 Å². The smallest absolute Gasteiger partial charge is 0.157 e. The predicted molar refractivity (Wildman–Crippen MR) is 128 cm³/mol. The van der Waals surface area contributed by atoms with Crippen LogP contribution in [0.5, 0.6) is 0 Å². The highest BCUT2D eigenvalue weighted by molar-refractivity contribution is 7.98. The van der Waals surface area contributed by atoms with Crippen molar-refractivity contribution in [2.45, 2.75) is 51.5 Å². The average molecular weight is 463 g/mol. The van der Waals surface area contributed by atoms with Crippen molar-refractivity contribution < 1.29 is 4.39 Å². The van der Waals surface area contributed by atoms with E-state index in [9.17, 15) is 4.39 Å². The van der Waals surface area contributed by atoms with E-state index in [1.54, 1.807) is 30.2 Å². The lowest BCUT2D eigenvalue weighted by atomic mass is 10.0. The minimum atomic E-state index is -0.240. The molecule has 6 nitrogen and oxygen atoms in total. The summed E-state index contributed by atoms with van der Waals surface area (Å²) in [5.74, 6) is 1.21. The zero-order chi connectivity index (χ0) is 23.1. The number of halogens is 1. The molecule has 0 N–H and O–H groups in total. The van der Waals surface area contributed by atoms with Crippen LogP contribution in [-0.4, -0.2) is 35.8 Å². The molecule has 1 aliphatic rings. The Morgan fingerprint density at radius 3 is 2.48 bits per heavy atom. The van der Waals surface area contributed by atoms with Crippen molar-refractivity contribution in [3.8, 4) is 17.1 Å². The second-order valence-corrected chi connectivity index (χ2v) is 9.53. The van der Waals surface area contributed by atoms with Crippen molar-refractivity contribution in [2.75, 3.05) is 6.26 Å². The van der Waals surface area contributed by atoms with Crippen LogP contribution in [0, 0.1) is 32.5 Å². The van der Waals surface area contributed by atoms with Gasteiger partial charge in [0.1, 0.15) is 12.1 Å². The monoisotopic (exact) mass is 462 g/mol. The molecule has 3 heterocycles. The standard InChI is InChI=1S/C25H27FN6S/c1-15-22(31(13-18-5-6-18)30-24(15)19-7-9-20(26)10-8-19)11-21-12-23(28-14-27-21)32-17(3)25(33-4)16(2)29-32/h7-10,12,14,18H,5-6,11,13H2,1-4H3. The van der Waals surface area contributed by atoms with Gasteiger partial charge in [0.25, 0.3) is 0 Å². The summed E-state index contributed by atoms with van der Waals surface area (Å²) < 4.78 is 17.5. The first-order valence-electron chi connectivity index (χ1n) is 11.2. The highest BCUT2D eigenvalue weighted by Gasteiger charge is 2.25. The molecule has 1 saturated carbocycles. The molecular weight excluding hydrogens is 435 g/mol. The summed E-state index contributed by atoms with van der Waals surface area (Å²) in [6.07, 6.45) is 6.82. The van der Waals surface area contributed by atoms with Gasteiger partial charge in [0, 0.05) is 30.3 Å². The second-order valence-electron chi connectivity index (χ2n) is 8.71. The molecule has 33 heavy (non-hydrogen) atoms. The number of hydrogen-bond donors (Lipinski definition) is 0. The van der Waals surface area contributed by atoms with Crippen LogP contribution in [-0.2, 0) is 13.0 Å². The third-order valence-corrected chi connectivity index (χ3v) is 7.27. The second kappa shape index (κ2) is 8.74. The van der Waals surface area contributed by atoms with Crippen LogP contribution in [0.2, 0.25) is 0 Å². The Hall–Kier alpha value is -3.00. The highest BCUT2D eigenvalue weighted by atomic mass is 32.2. The van der Waals surface area contributed by atoms with E-state index in [1.165, 1.54) is 29.9 Å². The molecule has 1 aromatic carbocycles. The van der Waals surface area contributed by atoms with Crippen LogP contribution in [0.4, 0.5) is 4.39 Å². The first kappa shape index (κ1) is 21.8. The number of hydrogen-bond acceptors (Lipinski definition) is 5. The van der Waals surface area contributed by atoms with Gasteiger partial charge < -0.3 is 0 Å². The first-order chi connectivity index (χ1) is 15.9. The lowest BCUT2D eigenvalue weighted by Crippen LogP contribution is -2.10. The summed E-state index contributed by atoms with van der Waals surface area (Å²) >= 11 is 1.70. The van der Waals surface area contributed by atoms with E-state index >= 15 is 0 Å². The van der Waals surface area contributed by atoms with Crippen LogP contribution in [0.25, 0.3) is 17.1 Å². The van der Waals surface area contributed by atoms with Crippen LogP contribution >= 0.6 is 11.8 Å². The van der Waals surface area contributed by atoms with Crippen LogP contribution in [0.15, 0.2) is 41.6 Å². The quantitative estimate of drug-likeness (QED) is 0.348. The number of thioether (sulfide) groups is 1. The minimum absolute atomic E-state index is 0.240. The average Bonchev–Trinajstić information content (AvgIpc) is 3.52. The number of aromatic nitrogens is 6. The zero-order valence-corrected chi connectivity index (χ0v) is 20.2. The van der Waals surface area contributed by atoms with Gasteiger partial charge in [-0.15, -0.1) is 11.8 Å². The molecule has 3 aromatic heterocycles. The molecule has 4 aromatic rings. The van der Waals surface area contributed by atoms with Crippen LogP contribution < -0.4 is 0 Å². The Kier molecular flexibility index (Phi) is 5.78. The van der Waals surface area contributed by atoms with Crippen molar-refractivity contribution in [3.05, 3.63) is 70.8 Å². The van der Waals surface area contributed by atoms with Crippen molar-refractivity contribution in [3.63, 3.8) is 0 Å². The van der Waals surface area contributed by atoms with Gasteiger partial charge in [-0.05, 0) is 75.6 Å². The summed E-state index contributed by atoms with van der Waals surface area (Å²) in [6, 6.07) is 8.58. The van der Waals surface area contributed by atoms with Gasteiger partial charge in [0.05, 0.1) is 27.7 Å². The van der Waals surface area contributed by atoms with Crippen molar-refractivity contribution in [1.29, 1.82) is 0 Å². The van der Waals surface area contributed by atoms with Crippen molar-refractivity contribution >= 4 is 11.8 Å². The number of aryl methyl sites for hydroxylation is 1. The maximum atomic E-state index is 13.5. The summed E-state index contributed by atoms with van der Waals surface area (Å²) in [4.78, 5) is 10.2. The molecule has 1 aliphatic carbocycles. The maximum absolute atomic E-state index is 13.5. The van der Waals surface area contributed by atoms with E-state index in [0.29, 0.717) is 12.3 Å². The lowest BCUT2D eigenvalue weighted by molar-refractivity contribution is 0.543. The fraction of sp³-hybridized carbons (Fsp3) is 0.360. The van der Waals surface area contributed by atoms with Crippen molar-refractivity contribution in [1.82, 2.24) is 29.5 Å². The van der Waals surface area contributed by atoms with E-state index < -0.39 is 0 Å². The highest BCUT2D eigenvalue weighted by Crippen LogP contribution is 2.33. The van der Waals surface area contributed by atoms with E-state index in [4.69, 9.17) is 10.2 Å². The third-order valence-electron chi connectivity index (χ3n) is 6.27. The van der Waals surface area contributed by atoms with Gasteiger partial charge in [-0.25, -0.2) is 19.0 Å². The molecule has 170 valence electrons. The molecule has 5 rings (SSSR count). The third kappa shape index (κ3) is 4.31. The Bertz CT molecular complexity index is 1300. The van der Waals surface area contributed by atoms with Gasteiger partial charge in [-0.3, -0.25) is 4.68 Å². The molecule has 0 spiro atoms. The first-order valence-corrected chi connectivity index (χ1v) is 12.4. The van der Waals surface area contributed by atoms with Crippen LogP contribution in [0.3, 0.4) is 0 Å². The number of benzene rings is 1. The Morgan fingerprint density at radius 1 is 1.06 bits per heavy atom. The molecule has 0 radical (unpaired) electrons. The maximum Gasteiger partial charge on any atom is 0.157 e. The molecule has 0 saturated heterocycles. The SMILES string of the molecule is CSc1c(C)nn(-c2cc(Cc3c(C)c(-c4ccc(F)cc4)nn3CC3CC3)ncn2)c1C. The summed E-state index contributed by atoms with van der Waals surface area (Å²) in [6.45, 7) is 7.09. The van der Waals surface area contributed by atoms with Gasteiger partial charge in [0.15, 0.2) is 5.82 Å². The molecule has 1 fully saturated rings. The largest absolute Gasteiger partial charge is 0.268 e. The summed E-state index contributed by atoms with van der Waals surface area (Å²) in [5.41, 5.74) is 7.09. The number of rotatable bonds is 7. The lowest BCUT2D eigenvalue weighted by Gasteiger charge is -2.09. The molecule has 0 aliphatic heterocycles. The molecule has 8 heteroatoms. The Morgan fingerprint density at radius 2 is 1.82 bits per heavy atom. The Labute approximate surface area is 197 Å². The fourth-order valence-corrected chi connectivity index (χ4v) is 5.02.